The number of benzene rings is 1. The second kappa shape index (κ2) is 3.25. The highest BCUT2D eigenvalue weighted by molar-refractivity contribution is 5.55. The van der Waals surface area contributed by atoms with Crippen LogP contribution in [0, 0.1) is 13.8 Å². The zero-order chi connectivity index (χ0) is 10.1. The van der Waals surface area contributed by atoms with Gasteiger partial charge in [-0.2, -0.15) is 0 Å². The van der Waals surface area contributed by atoms with Gasteiger partial charge in [-0.15, -0.1) is 10.2 Å². The number of hydrogen-bond acceptors (Lipinski definition) is 2. The van der Waals surface area contributed by atoms with Crippen LogP contribution < -0.4 is 0 Å². The number of aromatic nitrogens is 3. The first-order chi connectivity index (χ1) is 6.68. The molecule has 1 heterocycles. The van der Waals surface area contributed by atoms with Crippen LogP contribution in [0.3, 0.4) is 0 Å². The Morgan fingerprint density at radius 1 is 1.00 bits per heavy atom. The summed E-state index contributed by atoms with van der Waals surface area (Å²) in [7, 11) is 1.98. The van der Waals surface area contributed by atoms with Crippen LogP contribution >= 0.6 is 0 Å². The molecule has 2 aromatic rings. The van der Waals surface area contributed by atoms with E-state index in [1.54, 1.807) is 0 Å². The van der Waals surface area contributed by atoms with Gasteiger partial charge in [-0.1, -0.05) is 29.8 Å². The Kier molecular flexibility index (Phi) is 2.08. The molecule has 1 aromatic carbocycles. The lowest BCUT2D eigenvalue weighted by Gasteiger charge is -2.01. The van der Waals surface area contributed by atoms with Gasteiger partial charge in [0.25, 0.3) is 0 Å². The first-order valence-corrected chi connectivity index (χ1v) is 4.61. The van der Waals surface area contributed by atoms with Gasteiger partial charge in [0.1, 0.15) is 5.82 Å². The molecule has 0 amide bonds. The molecular weight excluding hydrogens is 174 g/mol. The third kappa shape index (κ3) is 1.41. The molecule has 0 aliphatic carbocycles. The van der Waals surface area contributed by atoms with Crippen molar-refractivity contribution in [2.24, 2.45) is 7.05 Å². The lowest BCUT2D eigenvalue weighted by Crippen LogP contribution is -1.94. The van der Waals surface area contributed by atoms with Crippen LogP contribution in [0.4, 0.5) is 0 Å². The number of rotatable bonds is 1. The predicted molar refractivity (Wildman–Crippen MR) is 55.9 cm³/mol. The summed E-state index contributed by atoms with van der Waals surface area (Å²) in [5.74, 6) is 1.85. The van der Waals surface area contributed by atoms with Crippen LogP contribution in [0.1, 0.15) is 11.4 Å². The monoisotopic (exact) mass is 187 g/mol. The highest BCUT2D eigenvalue weighted by atomic mass is 15.3. The summed E-state index contributed by atoms with van der Waals surface area (Å²) in [6.07, 6.45) is 0. The fourth-order valence-electron chi connectivity index (χ4n) is 1.36. The minimum Gasteiger partial charge on any atom is -0.314 e. The Hall–Kier alpha value is -1.64. The molecule has 0 atom stereocenters. The van der Waals surface area contributed by atoms with Crippen molar-refractivity contribution >= 4 is 0 Å². The molecule has 0 radical (unpaired) electrons. The van der Waals surface area contributed by atoms with Crippen LogP contribution in [0.5, 0.6) is 0 Å². The number of hydrogen-bond donors (Lipinski definition) is 0. The van der Waals surface area contributed by atoms with Crippen molar-refractivity contribution in [2.75, 3.05) is 0 Å². The third-order valence-corrected chi connectivity index (χ3v) is 2.40. The van der Waals surface area contributed by atoms with E-state index in [4.69, 9.17) is 0 Å². The second-order valence-corrected chi connectivity index (χ2v) is 3.50. The van der Waals surface area contributed by atoms with Gasteiger partial charge in [0, 0.05) is 12.6 Å². The average molecular weight is 187 g/mol. The highest BCUT2D eigenvalue weighted by Gasteiger charge is 2.06. The van der Waals surface area contributed by atoms with E-state index in [0.29, 0.717) is 0 Å². The average Bonchev–Trinajstić information content (AvgIpc) is 2.50. The first-order valence-electron chi connectivity index (χ1n) is 4.61. The predicted octanol–water partition coefficient (Wildman–Crippen LogP) is 2.10. The van der Waals surface area contributed by atoms with Crippen molar-refractivity contribution in [2.45, 2.75) is 13.8 Å². The lowest BCUT2D eigenvalue weighted by atomic mass is 10.1. The Morgan fingerprint density at radius 2 is 1.64 bits per heavy atom. The molecule has 0 aliphatic rings. The summed E-state index contributed by atoms with van der Waals surface area (Å²) < 4.78 is 1.99. The Bertz CT molecular complexity index is 440. The maximum atomic E-state index is 4.13. The van der Waals surface area contributed by atoms with E-state index in [9.17, 15) is 0 Å². The molecule has 0 unspecified atom stereocenters. The second-order valence-electron chi connectivity index (χ2n) is 3.50. The molecule has 3 heteroatoms. The highest BCUT2D eigenvalue weighted by Crippen LogP contribution is 2.17. The van der Waals surface area contributed by atoms with Gasteiger partial charge in [0.2, 0.25) is 0 Å². The summed E-state index contributed by atoms with van der Waals surface area (Å²) in [5, 5.41) is 8.16. The fourth-order valence-corrected chi connectivity index (χ4v) is 1.36. The summed E-state index contributed by atoms with van der Waals surface area (Å²) in [6, 6.07) is 8.30. The van der Waals surface area contributed by atoms with E-state index < -0.39 is 0 Å². The van der Waals surface area contributed by atoms with Crippen molar-refractivity contribution in [3.63, 3.8) is 0 Å². The van der Waals surface area contributed by atoms with Crippen LogP contribution in [-0.4, -0.2) is 14.8 Å². The Labute approximate surface area is 83.4 Å². The SMILES string of the molecule is Cc1ccc(-c2nnc(C)n2C)cc1. The molecule has 2 rings (SSSR count). The number of nitrogens with zero attached hydrogens (tertiary/aromatic N) is 3. The third-order valence-electron chi connectivity index (χ3n) is 2.40. The summed E-state index contributed by atoms with van der Waals surface area (Å²) >= 11 is 0. The molecule has 0 N–H and O–H groups in total. The zero-order valence-corrected chi connectivity index (χ0v) is 8.65. The maximum Gasteiger partial charge on any atom is 0.163 e. The van der Waals surface area contributed by atoms with Crippen molar-refractivity contribution in [1.82, 2.24) is 14.8 Å². The van der Waals surface area contributed by atoms with E-state index in [2.05, 4.69) is 41.4 Å². The summed E-state index contributed by atoms with van der Waals surface area (Å²) in [6.45, 7) is 4.02. The largest absolute Gasteiger partial charge is 0.314 e. The molecule has 3 nitrogen and oxygen atoms in total. The molecule has 14 heavy (non-hydrogen) atoms. The van der Waals surface area contributed by atoms with Gasteiger partial charge < -0.3 is 4.57 Å². The van der Waals surface area contributed by atoms with E-state index in [0.717, 1.165) is 17.2 Å². The van der Waals surface area contributed by atoms with Crippen LogP contribution in [0.15, 0.2) is 24.3 Å². The Morgan fingerprint density at radius 3 is 2.14 bits per heavy atom. The van der Waals surface area contributed by atoms with Gasteiger partial charge in [-0.05, 0) is 13.8 Å². The quantitative estimate of drug-likeness (QED) is 0.684. The summed E-state index contributed by atoms with van der Waals surface area (Å²) in [4.78, 5) is 0. The van der Waals surface area contributed by atoms with Gasteiger partial charge in [0.05, 0.1) is 0 Å². The molecule has 1 aromatic heterocycles. The van der Waals surface area contributed by atoms with Gasteiger partial charge in [-0.25, -0.2) is 0 Å². The van der Waals surface area contributed by atoms with Crippen LogP contribution in [0.25, 0.3) is 11.4 Å². The zero-order valence-electron chi connectivity index (χ0n) is 8.65. The standard InChI is InChI=1S/C11H13N3/c1-8-4-6-10(7-5-8)11-13-12-9(2)14(11)3/h4-7H,1-3H3. The molecule has 0 fully saturated rings. The molecular formula is C11H13N3. The smallest absolute Gasteiger partial charge is 0.163 e. The lowest BCUT2D eigenvalue weighted by molar-refractivity contribution is 0.865. The maximum absolute atomic E-state index is 4.13. The normalized spacial score (nSPS) is 10.5. The van der Waals surface area contributed by atoms with Gasteiger partial charge in [-0.3, -0.25) is 0 Å². The molecule has 0 saturated carbocycles. The fraction of sp³-hybridized carbons (Fsp3) is 0.273. The van der Waals surface area contributed by atoms with Crippen molar-refractivity contribution in [3.05, 3.63) is 35.7 Å². The van der Waals surface area contributed by atoms with Crippen LogP contribution in [-0.2, 0) is 7.05 Å². The molecule has 0 aliphatic heterocycles. The molecule has 0 saturated heterocycles. The number of aryl methyl sites for hydroxylation is 2. The minimum atomic E-state index is 0.919. The van der Waals surface area contributed by atoms with E-state index >= 15 is 0 Å². The molecule has 72 valence electrons. The topological polar surface area (TPSA) is 30.7 Å². The van der Waals surface area contributed by atoms with E-state index in [1.165, 1.54) is 5.56 Å². The van der Waals surface area contributed by atoms with Crippen molar-refractivity contribution in [3.8, 4) is 11.4 Å². The van der Waals surface area contributed by atoms with Crippen molar-refractivity contribution in [1.29, 1.82) is 0 Å². The van der Waals surface area contributed by atoms with Crippen LogP contribution in [0.2, 0.25) is 0 Å². The molecule has 0 spiro atoms. The van der Waals surface area contributed by atoms with E-state index in [1.807, 2.05) is 18.5 Å². The first kappa shape index (κ1) is 8.94. The minimum absolute atomic E-state index is 0.919. The summed E-state index contributed by atoms with van der Waals surface area (Å²) in [5.41, 5.74) is 2.37. The van der Waals surface area contributed by atoms with Gasteiger partial charge in [0.15, 0.2) is 5.82 Å². The van der Waals surface area contributed by atoms with Crippen molar-refractivity contribution < 1.29 is 0 Å². The molecule has 0 bridgehead atoms. The van der Waals surface area contributed by atoms with E-state index in [-0.39, 0.29) is 0 Å². The Balaban J connectivity index is 2.49. The van der Waals surface area contributed by atoms with Gasteiger partial charge >= 0.3 is 0 Å².